The second kappa shape index (κ2) is 11.9. The molecule has 8 nitrogen and oxygen atoms in total. The Bertz CT molecular complexity index is 1360. The number of carbonyl (C=O) groups is 1. The average molecular weight is 506 g/mol. The van der Waals surface area contributed by atoms with E-state index in [4.69, 9.17) is 21.1 Å². The highest BCUT2D eigenvalue weighted by Gasteiger charge is 2.15. The predicted molar refractivity (Wildman–Crippen MR) is 138 cm³/mol. The number of hydrogen-bond donors (Lipinski definition) is 1. The maximum Gasteiger partial charge on any atom is 0.269 e. The van der Waals surface area contributed by atoms with Gasteiger partial charge in [0, 0.05) is 17.8 Å². The summed E-state index contributed by atoms with van der Waals surface area (Å²) in [6.07, 6.45) is 1.42. The third-order valence-corrected chi connectivity index (χ3v) is 5.58. The van der Waals surface area contributed by atoms with Gasteiger partial charge in [0.05, 0.1) is 16.6 Å². The lowest BCUT2D eigenvalue weighted by Gasteiger charge is -2.15. The number of anilines is 1. The SMILES string of the molecule is CCOc1cc(/C=C(\C#N)C(=O)Nc2ccc(C)c(C)c2)cc(Cl)c1OCc1ccc([N+](=O)[O-])cc1. The van der Waals surface area contributed by atoms with Crippen molar-refractivity contribution in [1.29, 1.82) is 5.26 Å². The number of halogens is 1. The van der Waals surface area contributed by atoms with E-state index in [-0.39, 0.29) is 28.6 Å². The molecule has 0 saturated heterocycles. The Morgan fingerprint density at radius 2 is 1.83 bits per heavy atom. The highest BCUT2D eigenvalue weighted by molar-refractivity contribution is 6.32. The number of nitrogens with one attached hydrogen (secondary N) is 1. The number of nitriles is 1. The van der Waals surface area contributed by atoms with Crippen LogP contribution >= 0.6 is 11.6 Å². The van der Waals surface area contributed by atoms with Gasteiger partial charge in [-0.1, -0.05) is 17.7 Å². The lowest BCUT2D eigenvalue weighted by molar-refractivity contribution is -0.384. The summed E-state index contributed by atoms with van der Waals surface area (Å²) in [5.41, 5.74) is 3.78. The van der Waals surface area contributed by atoms with Gasteiger partial charge in [0.25, 0.3) is 11.6 Å². The summed E-state index contributed by atoms with van der Waals surface area (Å²) in [6, 6.07) is 16.6. The minimum Gasteiger partial charge on any atom is -0.490 e. The molecule has 36 heavy (non-hydrogen) atoms. The molecule has 1 N–H and O–H groups in total. The Labute approximate surface area is 213 Å². The predicted octanol–water partition coefficient (Wildman–Crippen LogP) is 6.39. The number of carbonyl (C=O) groups excluding carboxylic acids is 1. The first kappa shape index (κ1) is 26.3. The zero-order valence-corrected chi connectivity index (χ0v) is 20.8. The minimum absolute atomic E-state index is 0.0159. The Balaban J connectivity index is 1.82. The van der Waals surface area contributed by atoms with E-state index in [1.54, 1.807) is 37.3 Å². The van der Waals surface area contributed by atoms with Crippen LogP contribution in [-0.4, -0.2) is 17.4 Å². The fourth-order valence-corrected chi connectivity index (χ4v) is 3.55. The van der Waals surface area contributed by atoms with Gasteiger partial charge in [-0.3, -0.25) is 14.9 Å². The van der Waals surface area contributed by atoms with E-state index in [2.05, 4.69) is 5.32 Å². The zero-order chi connectivity index (χ0) is 26.2. The van der Waals surface area contributed by atoms with Crippen molar-refractivity contribution in [3.05, 3.63) is 97.6 Å². The van der Waals surface area contributed by atoms with Crippen molar-refractivity contribution in [2.24, 2.45) is 0 Å². The minimum atomic E-state index is -0.548. The van der Waals surface area contributed by atoms with E-state index in [0.29, 0.717) is 29.2 Å². The monoisotopic (exact) mass is 505 g/mol. The van der Waals surface area contributed by atoms with Crippen LogP contribution in [0, 0.1) is 35.3 Å². The molecule has 0 fully saturated rings. The van der Waals surface area contributed by atoms with E-state index in [1.807, 2.05) is 32.0 Å². The summed E-state index contributed by atoms with van der Waals surface area (Å²) in [5.74, 6) is 0.0745. The van der Waals surface area contributed by atoms with Gasteiger partial charge in [0.1, 0.15) is 18.2 Å². The van der Waals surface area contributed by atoms with Crippen molar-refractivity contribution < 1.29 is 19.2 Å². The smallest absolute Gasteiger partial charge is 0.269 e. The van der Waals surface area contributed by atoms with E-state index in [1.165, 1.54) is 18.2 Å². The topological polar surface area (TPSA) is 114 Å². The Kier molecular flexibility index (Phi) is 8.66. The molecule has 0 aliphatic heterocycles. The number of ether oxygens (including phenoxy) is 2. The average Bonchev–Trinajstić information content (AvgIpc) is 2.84. The number of non-ortho nitro benzene ring substituents is 1. The van der Waals surface area contributed by atoms with Crippen molar-refractivity contribution in [2.75, 3.05) is 11.9 Å². The third-order valence-electron chi connectivity index (χ3n) is 5.30. The lowest BCUT2D eigenvalue weighted by Crippen LogP contribution is -2.13. The van der Waals surface area contributed by atoms with Crippen molar-refractivity contribution >= 4 is 35.0 Å². The van der Waals surface area contributed by atoms with Gasteiger partial charge in [-0.15, -0.1) is 0 Å². The fourth-order valence-electron chi connectivity index (χ4n) is 3.28. The number of benzene rings is 3. The molecule has 0 heterocycles. The van der Waals surface area contributed by atoms with Gasteiger partial charge in [0.2, 0.25) is 0 Å². The number of amides is 1. The molecule has 0 aliphatic carbocycles. The van der Waals surface area contributed by atoms with E-state index in [9.17, 15) is 20.2 Å². The van der Waals surface area contributed by atoms with Crippen LogP contribution in [0.4, 0.5) is 11.4 Å². The molecule has 1 amide bonds. The molecule has 0 bridgehead atoms. The molecule has 0 aromatic heterocycles. The van der Waals surface area contributed by atoms with Crippen LogP contribution in [0.15, 0.2) is 60.2 Å². The number of hydrogen-bond acceptors (Lipinski definition) is 6. The number of nitrogens with zero attached hydrogens (tertiary/aromatic N) is 2. The van der Waals surface area contributed by atoms with Crippen LogP contribution in [0.5, 0.6) is 11.5 Å². The Morgan fingerprint density at radius 1 is 1.11 bits per heavy atom. The van der Waals surface area contributed by atoms with Crippen LogP contribution in [-0.2, 0) is 11.4 Å². The molecule has 0 aliphatic rings. The van der Waals surface area contributed by atoms with Gasteiger partial charge >= 0.3 is 0 Å². The summed E-state index contributed by atoms with van der Waals surface area (Å²) in [5, 5.41) is 23.4. The maximum absolute atomic E-state index is 12.7. The third kappa shape index (κ3) is 6.62. The molecule has 0 radical (unpaired) electrons. The number of rotatable bonds is 9. The molecular weight excluding hydrogens is 482 g/mol. The van der Waals surface area contributed by atoms with Gasteiger partial charge in [-0.05, 0) is 85.5 Å². The fraction of sp³-hybridized carbons (Fsp3) is 0.185. The van der Waals surface area contributed by atoms with Crippen LogP contribution in [0.3, 0.4) is 0 Å². The van der Waals surface area contributed by atoms with Gasteiger partial charge < -0.3 is 14.8 Å². The molecule has 0 unspecified atom stereocenters. The van der Waals surface area contributed by atoms with Gasteiger partial charge in [-0.25, -0.2) is 0 Å². The van der Waals surface area contributed by atoms with Gasteiger partial charge in [0.15, 0.2) is 11.5 Å². The van der Waals surface area contributed by atoms with Crippen LogP contribution in [0.25, 0.3) is 6.08 Å². The van der Waals surface area contributed by atoms with Crippen LogP contribution < -0.4 is 14.8 Å². The number of nitro groups is 1. The second-order valence-corrected chi connectivity index (χ2v) is 8.31. The molecule has 3 aromatic carbocycles. The molecule has 0 atom stereocenters. The standard InChI is InChI=1S/C27H24ClN3O5/c1-4-35-25-14-20(12-21(15-29)27(32)30-22-8-5-17(2)18(3)11-22)13-24(28)26(25)36-16-19-6-9-23(10-7-19)31(33)34/h5-14H,4,16H2,1-3H3,(H,30,32)/b21-12+. The highest BCUT2D eigenvalue weighted by Crippen LogP contribution is 2.38. The summed E-state index contributed by atoms with van der Waals surface area (Å²) in [6.45, 7) is 6.15. The summed E-state index contributed by atoms with van der Waals surface area (Å²) in [7, 11) is 0. The molecule has 3 aromatic rings. The largest absolute Gasteiger partial charge is 0.490 e. The molecule has 0 spiro atoms. The summed E-state index contributed by atoms with van der Waals surface area (Å²) in [4.78, 5) is 23.1. The molecular formula is C27H24ClN3O5. The Hall–Kier alpha value is -4.35. The van der Waals surface area contributed by atoms with Crippen LogP contribution in [0.1, 0.15) is 29.2 Å². The first-order chi connectivity index (χ1) is 17.2. The first-order valence-corrected chi connectivity index (χ1v) is 11.4. The van der Waals surface area contributed by atoms with E-state index >= 15 is 0 Å². The van der Waals surface area contributed by atoms with E-state index in [0.717, 1.165) is 11.1 Å². The van der Waals surface area contributed by atoms with Crippen molar-refractivity contribution in [1.82, 2.24) is 0 Å². The maximum atomic E-state index is 12.7. The normalized spacial score (nSPS) is 10.9. The molecule has 0 saturated carbocycles. The molecule has 3 rings (SSSR count). The van der Waals surface area contributed by atoms with Crippen molar-refractivity contribution in [3.63, 3.8) is 0 Å². The number of aryl methyl sites for hydroxylation is 2. The van der Waals surface area contributed by atoms with Crippen LogP contribution in [0.2, 0.25) is 5.02 Å². The quantitative estimate of drug-likeness (QED) is 0.156. The van der Waals surface area contributed by atoms with E-state index < -0.39 is 10.8 Å². The summed E-state index contributed by atoms with van der Waals surface area (Å²) >= 11 is 6.46. The van der Waals surface area contributed by atoms with Crippen molar-refractivity contribution in [3.8, 4) is 17.6 Å². The molecule has 9 heteroatoms. The zero-order valence-electron chi connectivity index (χ0n) is 20.0. The first-order valence-electron chi connectivity index (χ1n) is 11.0. The lowest BCUT2D eigenvalue weighted by atomic mass is 10.1. The molecule has 184 valence electrons. The van der Waals surface area contributed by atoms with Gasteiger partial charge in [-0.2, -0.15) is 5.26 Å². The Morgan fingerprint density at radius 3 is 2.44 bits per heavy atom. The highest BCUT2D eigenvalue weighted by atomic mass is 35.5. The van der Waals surface area contributed by atoms with Crippen molar-refractivity contribution in [2.45, 2.75) is 27.4 Å². The summed E-state index contributed by atoms with van der Waals surface area (Å²) < 4.78 is 11.5. The number of nitro benzene ring substituents is 1. The second-order valence-electron chi connectivity index (χ2n) is 7.90.